The second kappa shape index (κ2) is 4.87. The summed E-state index contributed by atoms with van der Waals surface area (Å²) in [6, 6.07) is 2.76. The zero-order valence-electron chi connectivity index (χ0n) is 8.51. The first kappa shape index (κ1) is 12.4. The van der Waals surface area contributed by atoms with Crippen LogP contribution < -0.4 is 0 Å². The van der Waals surface area contributed by atoms with Crippen molar-refractivity contribution in [3.05, 3.63) is 17.3 Å². The van der Waals surface area contributed by atoms with Crippen LogP contribution in [-0.4, -0.2) is 36.0 Å². The molecule has 0 unspecified atom stereocenters. The first-order valence-corrected chi connectivity index (χ1v) is 6.33. The van der Waals surface area contributed by atoms with E-state index in [2.05, 4.69) is 10.2 Å². The predicted molar refractivity (Wildman–Crippen MR) is 57.1 cm³/mol. The topological polar surface area (TPSA) is 63.2 Å². The molecule has 0 saturated carbocycles. The fourth-order valence-corrected chi connectivity index (χ4v) is 2.57. The highest BCUT2D eigenvalue weighted by molar-refractivity contribution is 7.89. The van der Waals surface area contributed by atoms with E-state index in [4.69, 9.17) is 11.6 Å². The Morgan fingerprint density at radius 3 is 2.27 bits per heavy atom. The van der Waals surface area contributed by atoms with Crippen LogP contribution in [0.25, 0.3) is 0 Å². The SMILES string of the molecule is CCN(CC)S(=O)(=O)c1ccc(Cl)nn1. The average Bonchev–Trinajstić information content (AvgIpc) is 2.19. The molecule has 15 heavy (non-hydrogen) atoms. The van der Waals surface area contributed by atoms with Crippen molar-refractivity contribution >= 4 is 21.6 Å². The zero-order valence-corrected chi connectivity index (χ0v) is 10.1. The highest BCUT2D eigenvalue weighted by Gasteiger charge is 2.23. The number of nitrogens with zero attached hydrogens (tertiary/aromatic N) is 3. The van der Waals surface area contributed by atoms with Gasteiger partial charge in [0.25, 0.3) is 10.0 Å². The first-order chi connectivity index (χ1) is 7.02. The lowest BCUT2D eigenvalue weighted by Crippen LogP contribution is -2.31. The lowest BCUT2D eigenvalue weighted by Gasteiger charge is -2.16. The Balaban J connectivity index is 3.11. The fourth-order valence-electron chi connectivity index (χ4n) is 1.14. The Morgan fingerprint density at radius 1 is 1.27 bits per heavy atom. The maximum Gasteiger partial charge on any atom is 0.262 e. The molecule has 0 radical (unpaired) electrons. The second-order valence-electron chi connectivity index (χ2n) is 2.78. The molecule has 0 aliphatic carbocycles. The van der Waals surface area contributed by atoms with Gasteiger partial charge in [-0.3, -0.25) is 0 Å². The van der Waals surface area contributed by atoms with Crippen molar-refractivity contribution < 1.29 is 8.42 Å². The maximum absolute atomic E-state index is 11.9. The summed E-state index contributed by atoms with van der Waals surface area (Å²) in [6.45, 7) is 4.35. The van der Waals surface area contributed by atoms with Crippen LogP contribution >= 0.6 is 11.6 Å². The Labute approximate surface area is 94.1 Å². The molecular formula is C8H12ClN3O2S. The summed E-state index contributed by atoms with van der Waals surface area (Å²) >= 11 is 5.53. The van der Waals surface area contributed by atoms with Gasteiger partial charge in [0.1, 0.15) is 0 Å². The molecule has 0 atom stereocenters. The van der Waals surface area contributed by atoms with Gasteiger partial charge >= 0.3 is 0 Å². The van der Waals surface area contributed by atoms with Gasteiger partial charge in [0, 0.05) is 13.1 Å². The standard InChI is InChI=1S/C8H12ClN3O2S/c1-3-12(4-2)15(13,14)8-6-5-7(9)10-11-8/h5-6H,3-4H2,1-2H3. The normalized spacial score (nSPS) is 12.0. The molecule has 84 valence electrons. The molecule has 0 bridgehead atoms. The molecule has 1 aromatic rings. The molecule has 1 aromatic heterocycles. The number of rotatable bonds is 4. The summed E-state index contributed by atoms with van der Waals surface area (Å²) < 4.78 is 25.1. The van der Waals surface area contributed by atoms with Crippen LogP contribution in [0.3, 0.4) is 0 Å². The van der Waals surface area contributed by atoms with Gasteiger partial charge in [-0.15, -0.1) is 10.2 Å². The van der Waals surface area contributed by atoms with Crippen molar-refractivity contribution in [2.24, 2.45) is 0 Å². The molecule has 0 saturated heterocycles. The number of hydrogen-bond donors (Lipinski definition) is 0. The number of sulfonamides is 1. The van der Waals surface area contributed by atoms with E-state index in [1.165, 1.54) is 16.4 Å². The molecule has 0 spiro atoms. The highest BCUT2D eigenvalue weighted by Crippen LogP contribution is 2.13. The smallest absolute Gasteiger partial charge is 0.205 e. The third-order valence-electron chi connectivity index (χ3n) is 1.92. The molecule has 0 aliphatic rings. The van der Waals surface area contributed by atoms with E-state index in [9.17, 15) is 8.42 Å². The predicted octanol–water partition coefficient (Wildman–Crippen LogP) is 1.16. The Bertz CT molecular complexity index is 414. The zero-order chi connectivity index (χ0) is 11.5. The molecule has 7 heteroatoms. The summed E-state index contributed by atoms with van der Waals surface area (Å²) in [4.78, 5) is 0. The van der Waals surface area contributed by atoms with E-state index in [0.29, 0.717) is 13.1 Å². The molecule has 1 rings (SSSR count). The van der Waals surface area contributed by atoms with E-state index in [1.54, 1.807) is 13.8 Å². The van der Waals surface area contributed by atoms with E-state index in [0.717, 1.165) is 0 Å². The molecule has 1 heterocycles. The summed E-state index contributed by atoms with van der Waals surface area (Å²) in [6.07, 6.45) is 0. The lowest BCUT2D eigenvalue weighted by atomic mass is 10.6. The van der Waals surface area contributed by atoms with Gasteiger partial charge in [-0.05, 0) is 12.1 Å². The van der Waals surface area contributed by atoms with Gasteiger partial charge in [-0.1, -0.05) is 25.4 Å². The number of hydrogen-bond acceptors (Lipinski definition) is 4. The quantitative estimate of drug-likeness (QED) is 0.803. The maximum atomic E-state index is 11.9. The Hall–Kier alpha value is -0.720. The van der Waals surface area contributed by atoms with Gasteiger partial charge in [-0.25, -0.2) is 8.42 Å². The largest absolute Gasteiger partial charge is 0.262 e. The van der Waals surface area contributed by atoms with Crippen molar-refractivity contribution in [2.45, 2.75) is 18.9 Å². The van der Waals surface area contributed by atoms with Crippen molar-refractivity contribution in [3.8, 4) is 0 Å². The summed E-state index contributed by atoms with van der Waals surface area (Å²) in [5.74, 6) is 0. The van der Waals surface area contributed by atoms with Crippen molar-refractivity contribution in [3.63, 3.8) is 0 Å². The fraction of sp³-hybridized carbons (Fsp3) is 0.500. The van der Waals surface area contributed by atoms with E-state index < -0.39 is 10.0 Å². The van der Waals surface area contributed by atoms with E-state index >= 15 is 0 Å². The summed E-state index contributed by atoms with van der Waals surface area (Å²) in [5, 5.41) is 7.16. The molecule has 0 fully saturated rings. The average molecular weight is 250 g/mol. The first-order valence-electron chi connectivity index (χ1n) is 4.51. The summed E-state index contributed by atoms with van der Waals surface area (Å²) in [7, 11) is -3.52. The third kappa shape index (κ3) is 2.64. The minimum atomic E-state index is -3.52. The van der Waals surface area contributed by atoms with Crippen molar-refractivity contribution in [1.29, 1.82) is 0 Å². The van der Waals surface area contributed by atoms with Crippen LogP contribution in [0.15, 0.2) is 17.2 Å². The molecule has 0 N–H and O–H groups in total. The molecule has 5 nitrogen and oxygen atoms in total. The Kier molecular flexibility index (Phi) is 4.01. The second-order valence-corrected chi connectivity index (χ2v) is 5.06. The van der Waals surface area contributed by atoms with Crippen molar-refractivity contribution in [2.75, 3.05) is 13.1 Å². The monoisotopic (exact) mass is 249 g/mol. The summed E-state index contributed by atoms with van der Waals surface area (Å²) in [5.41, 5.74) is 0. The van der Waals surface area contributed by atoms with E-state index in [-0.39, 0.29) is 10.2 Å². The van der Waals surface area contributed by atoms with E-state index in [1.807, 2.05) is 0 Å². The number of halogens is 1. The molecule has 0 aromatic carbocycles. The van der Waals surface area contributed by atoms with Crippen LogP contribution in [0, 0.1) is 0 Å². The van der Waals surface area contributed by atoms with Gasteiger partial charge in [0.15, 0.2) is 10.2 Å². The molecule has 0 amide bonds. The van der Waals surface area contributed by atoms with Crippen LogP contribution in [0.1, 0.15) is 13.8 Å². The third-order valence-corrected chi connectivity index (χ3v) is 4.06. The minimum absolute atomic E-state index is 0.0735. The molecular weight excluding hydrogens is 238 g/mol. The number of aromatic nitrogens is 2. The van der Waals surface area contributed by atoms with Gasteiger partial charge in [-0.2, -0.15) is 4.31 Å². The van der Waals surface area contributed by atoms with Crippen LogP contribution in [0.4, 0.5) is 0 Å². The van der Waals surface area contributed by atoms with Gasteiger partial charge in [0.2, 0.25) is 0 Å². The molecule has 0 aliphatic heterocycles. The van der Waals surface area contributed by atoms with Crippen LogP contribution in [0.5, 0.6) is 0 Å². The van der Waals surface area contributed by atoms with Crippen LogP contribution in [-0.2, 0) is 10.0 Å². The van der Waals surface area contributed by atoms with Gasteiger partial charge in [0.05, 0.1) is 0 Å². The minimum Gasteiger partial charge on any atom is -0.205 e. The lowest BCUT2D eigenvalue weighted by molar-refractivity contribution is 0.441. The Morgan fingerprint density at radius 2 is 1.87 bits per heavy atom. The van der Waals surface area contributed by atoms with Crippen molar-refractivity contribution in [1.82, 2.24) is 14.5 Å². The van der Waals surface area contributed by atoms with Gasteiger partial charge < -0.3 is 0 Å². The van der Waals surface area contributed by atoms with Crippen LogP contribution in [0.2, 0.25) is 5.15 Å². The highest BCUT2D eigenvalue weighted by atomic mass is 35.5.